The summed E-state index contributed by atoms with van der Waals surface area (Å²) in [4.78, 5) is 16.3. The van der Waals surface area contributed by atoms with E-state index in [0.29, 0.717) is 24.9 Å². The molecule has 2 atom stereocenters. The summed E-state index contributed by atoms with van der Waals surface area (Å²) in [6, 6.07) is 0. The van der Waals surface area contributed by atoms with Crippen LogP contribution in [0.25, 0.3) is 0 Å². The van der Waals surface area contributed by atoms with Crippen molar-refractivity contribution >= 4 is 5.91 Å². The van der Waals surface area contributed by atoms with Crippen LogP contribution in [0.3, 0.4) is 0 Å². The minimum atomic E-state index is 0.125. The number of carbonyl (C=O) groups excluding carboxylic acids is 1. The maximum Gasteiger partial charge on any atom is 0.236 e. The predicted molar refractivity (Wildman–Crippen MR) is 73.3 cm³/mol. The Labute approximate surface area is 111 Å². The zero-order valence-corrected chi connectivity index (χ0v) is 12.1. The molecule has 106 valence electrons. The number of piperidine rings is 1. The van der Waals surface area contributed by atoms with E-state index < -0.39 is 0 Å². The lowest BCUT2D eigenvalue weighted by Gasteiger charge is -2.36. The van der Waals surface area contributed by atoms with Crippen LogP contribution in [0.1, 0.15) is 33.6 Å². The van der Waals surface area contributed by atoms with Crippen molar-refractivity contribution in [3.8, 4) is 0 Å². The van der Waals surface area contributed by atoms with Gasteiger partial charge < -0.3 is 10.0 Å². The predicted octanol–water partition coefficient (Wildman–Crippen LogP) is 1.20. The highest BCUT2D eigenvalue weighted by Gasteiger charge is 2.26. The van der Waals surface area contributed by atoms with E-state index in [0.717, 1.165) is 26.1 Å². The van der Waals surface area contributed by atoms with E-state index in [1.165, 1.54) is 6.42 Å². The fourth-order valence-corrected chi connectivity index (χ4v) is 2.89. The van der Waals surface area contributed by atoms with Gasteiger partial charge in [0.05, 0.1) is 13.2 Å². The van der Waals surface area contributed by atoms with Crippen LogP contribution in [0, 0.1) is 11.8 Å². The van der Waals surface area contributed by atoms with Gasteiger partial charge in [-0.05, 0) is 31.2 Å². The molecule has 0 saturated carbocycles. The average Bonchev–Trinajstić information content (AvgIpc) is 2.28. The molecular formula is C14H28N2O2. The molecule has 4 nitrogen and oxygen atoms in total. The number of aliphatic hydroxyl groups is 1. The van der Waals surface area contributed by atoms with Crippen molar-refractivity contribution in [3.05, 3.63) is 0 Å². The zero-order valence-electron chi connectivity index (χ0n) is 12.1. The topological polar surface area (TPSA) is 43.8 Å². The minimum Gasteiger partial charge on any atom is -0.395 e. The number of aliphatic hydroxyl groups excluding tert-OH is 1. The molecule has 1 fully saturated rings. The normalized spacial score (nSPS) is 24.6. The number of amides is 1. The van der Waals surface area contributed by atoms with Gasteiger partial charge in [0.1, 0.15) is 0 Å². The molecule has 0 aromatic carbocycles. The number of carbonyl (C=O) groups is 1. The van der Waals surface area contributed by atoms with Crippen molar-refractivity contribution in [2.45, 2.75) is 33.6 Å². The smallest absolute Gasteiger partial charge is 0.236 e. The molecule has 0 aromatic rings. The molecule has 0 radical (unpaired) electrons. The van der Waals surface area contributed by atoms with Crippen LogP contribution < -0.4 is 0 Å². The van der Waals surface area contributed by atoms with Crippen molar-refractivity contribution in [2.24, 2.45) is 11.8 Å². The fraction of sp³-hybridized carbons (Fsp3) is 0.929. The number of rotatable bonds is 6. The average molecular weight is 256 g/mol. The molecule has 4 heteroatoms. The Hall–Kier alpha value is -0.610. The number of hydrogen-bond donors (Lipinski definition) is 1. The van der Waals surface area contributed by atoms with Gasteiger partial charge in [0.2, 0.25) is 5.91 Å². The summed E-state index contributed by atoms with van der Waals surface area (Å²) in [5.41, 5.74) is 0. The third kappa shape index (κ3) is 4.94. The van der Waals surface area contributed by atoms with Crippen LogP contribution in [0.2, 0.25) is 0 Å². The third-order valence-electron chi connectivity index (χ3n) is 3.54. The minimum absolute atomic E-state index is 0.125. The second-order valence-corrected chi connectivity index (χ2v) is 5.74. The van der Waals surface area contributed by atoms with E-state index in [1.54, 1.807) is 0 Å². The van der Waals surface area contributed by atoms with Crippen molar-refractivity contribution in [1.82, 2.24) is 9.80 Å². The number of likely N-dealkylation sites (tertiary alicyclic amines) is 1. The largest absolute Gasteiger partial charge is 0.395 e. The van der Waals surface area contributed by atoms with Gasteiger partial charge in [0, 0.05) is 19.6 Å². The van der Waals surface area contributed by atoms with E-state index in [1.807, 2.05) is 9.80 Å². The molecule has 1 amide bonds. The Morgan fingerprint density at radius 2 is 1.89 bits per heavy atom. The van der Waals surface area contributed by atoms with E-state index in [4.69, 9.17) is 5.11 Å². The molecule has 1 aliphatic heterocycles. The Kier molecular flexibility index (Phi) is 6.65. The second kappa shape index (κ2) is 7.74. The zero-order chi connectivity index (χ0) is 13.5. The Morgan fingerprint density at radius 1 is 1.28 bits per heavy atom. The molecule has 0 spiro atoms. The van der Waals surface area contributed by atoms with Crippen LogP contribution in [-0.4, -0.2) is 60.1 Å². The molecule has 0 bridgehead atoms. The highest BCUT2D eigenvalue weighted by Crippen LogP contribution is 2.20. The third-order valence-corrected chi connectivity index (χ3v) is 3.54. The molecule has 1 rings (SSSR count). The summed E-state index contributed by atoms with van der Waals surface area (Å²) in [7, 11) is 0. The maximum atomic E-state index is 12.3. The summed E-state index contributed by atoms with van der Waals surface area (Å²) >= 11 is 0. The van der Waals surface area contributed by atoms with Gasteiger partial charge in [-0.15, -0.1) is 0 Å². The quantitative estimate of drug-likeness (QED) is 0.776. The first kappa shape index (κ1) is 15.4. The first-order valence-corrected chi connectivity index (χ1v) is 7.17. The van der Waals surface area contributed by atoms with E-state index >= 15 is 0 Å². The highest BCUT2D eigenvalue weighted by atomic mass is 16.3. The van der Waals surface area contributed by atoms with Gasteiger partial charge in [-0.2, -0.15) is 0 Å². The summed E-state index contributed by atoms with van der Waals surface area (Å²) in [6.45, 7) is 10.4. The Morgan fingerprint density at radius 3 is 2.39 bits per heavy atom. The molecule has 1 N–H and O–H groups in total. The van der Waals surface area contributed by atoms with Gasteiger partial charge in [-0.3, -0.25) is 9.69 Å². The van der Waals surface area contributed by atoms with E-state index in [9.17, 15) is 4.79 Å². The van der Waals surface area contributed by atoms with Crippen molar-refractivity contribution in [3.63, 3.8) is 0 Å². The molecule has 0 aromatic heterocycles. The van der Waals surface area contributed by atoms with Crippen LogP contribution in [0.4, 0.5) is 0 Å². The van der Waals surface area contributed by atoms with Crippen LogP contribution in [-0.2, 0) is 4.79 Å². The van der Waals surface area contributed by atoms with Crippen molar-refractivity contribution in [2.75, 3.05) is 39.3 Å². The standard InChI is InChI=1S/C14H28N2O2/c1-4-5-15(6-7-17)11-14(18)16-9-12(2)8-13(3)10-16/h12-13,17H,4-11H2,1-3H3/t12-,13-/m0/s1. The van der Waals surface area contributed by atoms with E-state index in [-0.39, 0.29) is 12.5 Å². The fourth-order valence-electron chi connectivity index (χ4n) is 2.89. The summed E-state index contributed by atoms with van der Waals surface area (Å²) in [6.07, 6.45) is 2.24. The maximum absolute atomic E-state index is 12.3. The lowest BCUT2D eigenvalue weighted by Crippen LogP contribution is -2.47. The summed E-state index contributed by atoms with van der Waals surface area (Å²) < 4.78 is 0. The van der Waals surface area contributed by atoms with Gasteiger partial charge >= 0.3 is 0 Å². The summed E-state index contributed by atoms with van der Waals surface area (Å²) in [5, 5.41) is 9.00. The van der Waals surface area contributed by atoms with Crippen LogP contribution in [0.5, 0.6) is 0 Å². The van der Waals surface area contributed by atoms with E-state index in [2.05, 4.69) is 20.8 Å². The summed E-state index contributed by atoms with van der Waals surface area (Å²) in [5.74, 6) is 1.43. The number of hydrogen-bond acceptors (Lipinski definition) is 3. The van der Waals surface area contributed by atoms with Gasteiger partial charge in [0.15, 0.2) is 0 Å². The van der Waals surface area contributed by atoms with Crippen molar-refractivity contribution in [1.29, 1.82) is 0 Å². The van der Waals surface area contributed by atoms with Gasteiger partial charge in [0.25, 0.3) is 0 Å². The van der Waals surface area contributed by atoms with Gasteiger partial charge in [-0.1, -0.05) is 20.8 Å². The molecule has 0 aliphatic carbocycles. The Balaban J connectivity index is 2.46. The molecule has 18 heavy (non-hydrogen) atoms. The van der Waals surface area contributed by atoms with Gasteiger partial charge in [-0.25, -0.2) is 0 Å². The van der Waals surface area contributed by atoms with Crippen molar-refractivity contribution < 1.29 is 9.90 Å². The second-order valence-electron chi connectivity index (χ2n) is 5.74. The lowest BCUT2D eigenvalue weighted by molar-refractivity contribution is -0.135. The first-order valence-electron chi connectivity index (χ1n) is 7.17. The highest BCUT2D eigenvalue weighted by molar-refractivity contribution is 5.78. The monoisotopic (exact) mass is 256 g/mol. The SMILES string of the molecule is CCCN(CCO)CC(=O)N1C[C@@H](C)C[C@H](C)C1. The lowest BCUT2D eigenvalue weighted by atomic mass is 9.92. The molecule has 1 aliphatic rings. The van der Waals surface area contributed by atoms with Crippen LogP contribution >= 0.6 is 0 Å². The first-order chi connectivity index (χ1) is 8.56. The molecule has 1 heterocycles. The number of nitrogens with zero attached hydrogens (tertiary/aromatic N) is 2. The molecular weight excluding hydrogens is 228 g/mol. The molecule has 1 saturated heterocycles. The Bertz CT molecular complexity index is 242. The van der Waals surface area contributed by atoms with Crippen LogP contribution in [0.15, 0.2) is 0 Å². The molecule has 0 unspecified atom stereocenters.